The summed E-state index contributed by atoms with van der Waals surface area (Å²) in [6.07, 6.45) is 0.0108. The first-order chi connectivity index (χ1) is 6.20. The first-order valence-corrected chi connectivity index (χ1v) is 4.65. The predicted octanol–water partition coefficient (Wildman–Crippen LogP) is 2.61. The fourth-order valence-electron chi connectivity index (χ4n) is 1.99. The summed E-state index contributed by atoms with van der Waals surface area (Å²) in [5.41, 5.74) is 2.29. The molecular weight excluding hydrogens is 165 g/mol. The smallest absolute Gasteiger partial charge is 0.175 e. The molecule has 1 nitrogen and oxygen atoms in total. The fourth-order valence-corrected chi connectivity index (χ4v) is 1.99. The maximum Gasteiger partial charge on any atom is 0.175 e. The van der Waals surface area contributed by atoms with Crippen molar-refractivity contribution >= 4 is 5.69 Å². The van der Waals surface area contributed by atoms with E-state index in [-0.39, 0.29) is 5.92 Å². The van der Waals surface area contributed by atoms with Crippen LogP contribution in [0.5, 0.6) is 0 Å². The molecule has 1 heterocycles. The number of anilines is 1. The van der Waals surface area contributed by atoms with Gasteiger partial charge in [-0.2, -0.15) is 0 Å². The van der Waals surface area contributed by atoms with Gasteiger partial charge in [-0.25, -0.2) is 4.39 Å². The summed E-state index contributed by atoms with van der Waals surface area (Å²) in [5.74, 6) is 0.0971. The van der Waals surface area contributed by atoms with Crippen molar-refractivity contribution in [3.63, 3.8) is 0 Å². The standard InChI is InChI=1S/C11H14FN/c1-8-7-9-5-3-4-6-10(9)13(2)11(8)12/h3-6,8,11H,7H2,1-2H3/t8-,11+/m0/s1. The van der Waals surface area contributed by atoms with E-state index in [0.29, 0.717) is 0 Å². The van der Waals surface area contributed by atoms with E-state index in [1.54, 1.807) is 4.90 Å². The predicted molar refractivity (Wildman–Crippen MR) is 52.6 cm³/mol. The SMILES string of the molecule is C[C@H]1Cc2ccccc2N(C)[C@H]1F. The van der Waals surface area contributed by atoms with Crippen LogP contribution >= 0.6 is 0 Å². The Morgan fingerprint density at radius 3 is 2.85 bits per heavy atom. The van der Waals surface area contributed by atoms with Gasteiger partial charge in [0.1, 0.15) is 0 Å². The second-order valence-electron chi connectivity index (χ2n) is 3.79. The second kappa shape index (κ2) is 3.02. The molecule has 0 aliphatic carbocycles. The van der Waals surface area contributed by atoms with Crippen LogP contribution in [0.4, 0.5) is 10.1 Å². The third-order valence-corrected chi connectivity index (χ3v) is 2.75. The summed E-state index contributed by atoms with van der Waals surface area (Å²) in [6.45, 7) is 1.96. The average molecular weight is 179 g/mol. The summed E-state index contributed by atoms with van der Waals surface area (Å²) < 4.78 is 13.6. The van der Waals surface area contributed by atoms with Gasteiger partial charge in [0, 0.05) is 18.7 Å². The number of halogens is 1. The first-order valence-electron chi connectivity index (χ1n) is 4.65. The molecule has 0 amide bonds. The van der Waals surface area contributed by atoms with Crippen LogP contribution in [-0.4, -0.2) is 13.3 Å². The molecular formula is C11H14FN. The molecule has 1 aliphatic heterocycles. The Bertz CT molecular complexity index is 311. The largest absolute Gasteiger partial charge is 0.345 e. The highest BCUT2D eigenvalue weighted by atomic mass is 19.1. The van der Waals surface area contributed by atoms with Crippen LogP contribution in [0.25, 0.3) is 0 Å². The van der Waals surface area contributed by atoms with Gasteiger partial charge in [-0.15, -0.1) is 0 Å². The average Bonchev–Trinajstić information content (AvgIpc) is 2.15. The molecule has 13 heavy (non-hydrogen) atoms. The number of fused-ring (bicyclic) bond motifs is 1. The third kappa shape index (κ3) is 1.30. The molecule has 1 aromatic carbocycles. The number of hydrogen-bond acceptors (Lipinski definition) is 1. The van der Waals surface area contributed by atoms with E-state index in [9.17, 15) is 4.39 Å². The Labute approximate surface area is 78.2 Å². The van der Waals surface area contributed by atoms with Gasteiger partial charge in [-0.1, -0.05) is 25.1 Å². The summed E-state index contributed by atoms with van der Waals surface area (Å²) in [5, 5.41) is 0. The van der Waals surface area contributed by atoms with Crippen LogP contribution in [0.1, 0.15) is 12.5 Å². The van der Waals surface area contributed by atoms with Crippen LogP contribution in [0.2, 0.25) is 0 Å². The van der Waals surface area contributed by atoms with Crippen molar-refractivity contribution in [2.24, 2.45) is 5.92 Å². The topological polar surface area (TPSA) is 3.24 Å². The monoisotopic (exact) mass is 179 g/mol. The van der Waals surface area contributed by atoms with Crippen LogP contribution < -0.4 is 4.90 Å². The zero-order chi connectivity index (χ0) is 9.42. The summed E-state index contributed by atoms with van der Waals surface area (Å²) in [7, 11) is 1.82. The van der Waals surface area contributed by atoms with Gasteiger partial charge in [-0.05, 0) is 18.1 Å². The van der Waals surface area contributed by atoms with E-state index < -0.39 is 6.30 Å². The molecule has 2 rings (SSSR count). The van der Waals surface area contributed by atoms with Gasteiger partial charge in [0.2, 0.25) is 0 Å². The molecule has 0 fully saturated rings. The number of benzene rings is 1. The van der Waals surface area contributed by atoms with E-state index in [4.69, 9.17) is 0 Å². The molecule has 0 N–H and O–H groups in total. The molecule has 0 saturated carbocycles. The molecule has 0 spiro atoms. The zero-order valence-electron chi connectivity index (χ0n) is 8.00. The third-order valence-electron chi connectivity index (χ3n) is 2.75. The lowest BCUT2D eigenvalue weighted by Gasteiger charge is -2.35. The first kappa shape index (κ1) is 8.54. The Kier molecular flexibility index (Phi) is 1.98. The van der Waals surface area contributed by atoms with Crippen molar-refractivity contribution in [3.8, 4) is 0 Å². The molecule has 70 valence electrons. The highest BCUT2D eigenvalue weighted by Gasteiger charge is 2.28. The number of hydrogen-bond donors (Lipinski definition) is 0. The molecule has 2 atom stereocenters. The van der Waals surface area contributed by atoms with E-state index in [0.717, 1.165) is 12.1 Å². The van der Waals surface area contributed by atoms with Crippen LogP contribution in [0.3, 0.4) is 0 Å². The van der Waals surface area contributed by atoms with Gasteiger partial charge >= 0.3 is 0 Å². The van der Waals surface area contributed by atoms with Gasteiger partial charge in [0.25, 0.3) is 0 Å². The zero-order valence-corrected chi connectivity index (χ0v) is 8.00. The number of rotatable bonds is 0. The molecule has 0 radical (unpaired) electrons. The number of nitrogens with zero attached hydrogens (tertiary/aromatic N) is 1. The maximum atomic E-state index is 13.6. The Morgan fingerprint density at radius 1 is 1.38 bits per heavy atom. The normalized spacial score (nSPS) is 27.2. The van der Waals surface area contributed by atoms with Crippen LogP contribution in [-0.2, 0) is 6.42 Å². The van der Waals surface area contributed by atoms with Gasteiger partial charge in [0.05, 0.1) is 0 Å². The van der Waals surface area contributed by atoms with E-state index in [2.05, 4.69) is 6.07 Å². The summed E-state index contributed by atoms with van der Waals surface area (Å²) in [4.78, 5) is 1.73. The lowest BCUT2D eigenvalue weighted by atomic mass is 9.93. The molecule has 0 bridgehead atoms. The minimum absolute atomic E-state index is 0.0971. The lowest BCUT2D eigenvalue weighted by Crippen LogP contribution is -2.38. The fraction of sp³-hybridized carbons (Fsp3) is 0.455. The molecule has 0 saturated heterocycles. The highest BCUT2D eigenvalue weighted by Crippen LogP contribution is 2.32. The Balaban J connectivity index is 2.43. The minimum Gasteiger partial charge on any atom is -0.345 e. The van der Waals surface area contributed by atoms with Gasteiger partial charge in [-0.3, -0.25) is 0 Å². The van der Waals surface area contributed by atoms with E-state index >= 15 is 0 Å². The number of alkyl halides is 1. The Hall–Kier alpha value is -1.05. The second-order valence-corrected chi connectivity index (χ2v) is 3.79. The minimum atomic E-state index is -0.838. The van der Waals surface area contributed by atoms with Crippen molar-refractivity contribution in [3.05, 3.63) is 29.8 Å². The van der Waals surface area contributed by atoms with Crippen LogP contribution in [0.15, 0.2) is 24.3 Å². The van der Waals surface area contributed by atoms with Crippen molar-refractivity contribution in [2.75, 3.05) is 11.9 Å². The highest BCUT2D eigenvalue weighted by molar-refractivity contribution is 5.55. The van der Waals surface area contributed by atoms with E-state index in [1.807, 2.05) is 32.2 Å². The van der Waals surface area contributed by atoms with Crippen molar-refractivity contribution in [1.29, 1.82) is 0 Å². The Morgan fingerprint density at radius 2 is 2.08 bits per heavy atom. The summed E-state index contributed by atoms with van der Waals surface area (Å²) >= 11 is 0. The van der Waals surface area contributed by atoms with Gasteiger partial charge in [0.15, 0.2) is 6.30 Å². The molecule has 1 aliphatic rings. The summed E-state index contributed by atoms with van der Waals surface area (Å²) in [6, 6.07) is 8.03. The van der Waals surface area contributed by atoms with Crippen molar-refractivity contribution in [2.45, 2.75) is 19.6 Å². The van der Waals surface area contributed by atoms with E-state index in [1.165, 1.54) is 5.56 Å². The number of para-hydroxylation sites is 1. The van der Waals surface area contributed by atoms with Crippen molar-refractivity contribution in [1.82, 2.24) is 0 Å². The van der Waals surface area contributed by atoms with Crippen LogP contribution in [0, 0.1) is 5.92 Å². The molecule has 0 unspecified atom stereocenters. The molecule has 2 heteroatoms. The molecule has 0 aromatic heterocycles. The molecule has 1 aromatic rings. The lowest BCUT2D eigenvalue weighted by molar-refractivity contribution is 0.228. The van der Waals surface area contributed by atoms with Crippen molar-refractivity contribution < 1.29 is 4.39 Å². The van der Waals surface area contributed by atoms with Gasteiger partial charge < -0.3 is 4.90 Å². The maximum absolute atomic E-state index is 13.6. The quantitative estimate of drug-likeness (QED) is 0.553.